The number of phenolic OH excluding ortho intramolecular Hbond substituents is 1. The maximum atomic E-state index is 13.7. The normalized spacial score (nSPS) is 18.9. The Kier molecular flexibility index (Phi) is 3.81. The van der Waals surface area contributed by atoms with E-state index in [0.29, 0.717) is 6.54 Å². The summed E-state index contributed by atoms with van der Waals surface area (Å²) < 4.78 is 13.7. The average Bonchev–Trinajstić information content (AvgIpc) is 2.83. The number of phenols is 1. The summed E-state index contributed by atoms with van der Waals surface area (Å²) in [5.41, 5.74) is -0.230. The molecule has 1 saturated heterocycles. The summed E-state index contributed by atoms with van der Waals surface area (Å²) in [5, 5.41) is 12.8. The van der Waals surface area contributed by atoms with Crippen molar-refractivity contribution in [3.63, 3.8) is 0 Å². The molecule has 0 aliphatic carbocycles. The number of amides is 1. The molecule has 1 fully saturated rings. The fourth-order valence-electron chi connectivity index (χ4n) is 2.34. The minimum absolute atomic E-state index is 0.0708. The number of nitrogens with zero attached hydrogens (tertiary/aromatic N) is 1. The number of likely N-dealkylation sites (N-methyl/N-ethyl adjacent to an activating group) is 1. The molecule has 2 rings (SSSR count). The third kappa shape index (κ3) is 2.31. The van der Waals surface area contributed by atoms with Gasteiger partial charge >= 0.3 is 0 Å². The predicted octanol–water partition coefficient (Wildman–Crippen LogP) is 1.36. The second-order valence-corrected chi connectivity index (χ2v) is 4.37. The summed E-state index contributed by atoms with van der Waals surface area (Å²) in [6.07, 6.45) is 0.856. The van der Waals surface area contributed by atoms with Crippen molar-refractivity contribution in [1.29, 1.82) is 0 Å². The Morgan fingerprint density at radius 2 is 2.39 bits per heavy atom. The molecule has 0 spiro atoms. The topological polar surface area (TPSA) is 52.6 Å². The molecule has 1 atom stereocenters. The molecule has 0 aromatic heterocycles. The minimum atomic E-state index is -0.676. The molecule has 4 nitrogen and oxygen atoms in total. The minimum Gasteiger partial charge on any atom is -0.507 e. The Bertz CT molecular complexity index is 424. The molecule has 1 amide bonds. The van der Waals surface area contributed by atoms with Gasteiger partial charge in [0, 0.05) is 19.1 Å². The Morgan fingerprint density at radius 3 is 2.94 bits per heavy atom. The predicted molar refractivity (Wildman–Crippen MR) is 66.1 cm³/mol. The molecule has 98 valence electrons. The zero-order valence-corrected chi connectivity index (χ0v) is 10.3. The smallest absolute Gasteiger partial charge is 0.260 e. The van der Waals surface area contributed by atoms with Gasteiger partial charge in [0.25, 0.3) is 5.91 Å². The van der Waals surface area contributed by atoms with Crippen LogP contribution in [-0.4, -0.2) is 41.6 Å². The number of aromatic hydroxyl groups is 1. The van der Waals surface area contributed by atoms with Gasteiger partial charge in [-0.3, -0.25) is 4.79 Å². The molecular weight excluding hydrogens is 235 g/mol. The van der Waals surface area contributed by atoms with E-state index in [4.69, 9.17) is 0 Å². The van der Waals surface area contributed by atoms with Gasteiger partial charge in [0.2, 0.25) is 0 Å². The first-order chi connectivity index (χ1) is 8.65. The van der Waals surface area contributed by atoms with Gasteiger partial charge in [-0.2, -0.15) is 0 Å². The first kappa shape index (κ1) is 12.8. The van der Waals surface area contributed by atoms with Crippen LogP contribution >= 0.6 is 0 Å². The summed E-state index contributed by atoms with van der Waals surface area (Å²) in [4.78, 5) is 13.9. The molecule has 0 radical (unpaired) electrons. The van der Waals surface area contributed by atoms with E-state index in [1.165, 1.54) is 18.2 Å². The summed E-state index contributed by atoms with van der Waals surface area (Å²) in [5.74, 6) is -1.42. The van der Waals surface area contributed by atoms with Crippen molar-refractivity contribution < 1.29 is 14.3 Å². The van der Waals surface area contributed by atoms with E-state index in [1.807, 2.05) is 6.92 Å². The highest BCUT2D eigenvalue weighted by atomic mass is 19.1. The largest absolute Gasteiger partial charge is 0.507 e. The molecule has 0 saturated carbocycles. The number of hydrogen-bond acceptors (Lipinski definition) is 3. The van der Waals surface area contributed by atoms with Gasteiger partial charge < -0.3 is 15.3 Å². The lowest BCUT2D eigenvalue weighted by Gasteiger charge is -2.27. The van der Waals surface area contributed by atoms with Gasteiger partial charge in [0.15, 0.2) is 0 Å². The maximum absolute atomic E-state index is 13.7. The standard InChI is InChI=1S/C13H17FN2O2/c1-2-16(9-6-7-15-8-9)13(18)12-10(14)4-3-5-11(12)17/h3-5,9,15,17H,2,6-8H2,1H3. The van der Waals surface area contributed by atoms with Crippen molar-refractivity contribution in [3.05, 3.63) is 29.6 Å². The molecule has 1 aliphatic heterocycles. The van der Waals surface area contributed by atoms with Gasteiger partial charge in [0.05, 0.1) is 0 Å². The summed E-state index contributed by atoms with van der Waals surface area (Å²) >= 11 is 0. The second kappa shape index (κ2) is 5.35. The van der Waals surface area contributed by atoms with Crippen LogP contribution < -0.4 is 5.32 Å². The van der Waals surface area contributed by atoms with Gasteiger partial charge in [-0.15, -0.1) is 0 Å². The van der Waals surface area contributed by atoms with E-state index < -0.39 is 11.7 Å². The van der Waals surface area contributed by atoms with Crippen molar-refractivity contribution >= 4 is 5.91 Å². The average molecular weight is 252 g/mol. The molecule has 1 aromatic carbocycles. The van der Waals surface area contributed by atoms with Crippen molar-refractivity contribution in [3.8, 4) is 5.75 Å². The van der Waals surface area contributed by atoms with Crippen molar-refractivity contribution in [2.45, 2.75) is 19.4 Å². The highest BCUT2D eigenvalue weighted by Crippen LogP contribution is 2.23. The zero-order chi connectivity index (χ0) is 13.1. The Labute approximate surface area is 105 Å². The first-order valence-corrected chi connectivity index (χ1v) is 6.14. The summed E-state index contributed by atoms with van der Waals surface area (Å²) in [7, 11) is 0. The molecule has 1 heterocycles. The fourth-order valence-corrected chi connectivity index (χ4v) is 2.34. The van der Waals surface area contributed by atoms with Crippen molar-refractivity contribution in [2.24, 2.45) is 0 Å². The molecule has 2 N–H and O–H groups in total. The van der Waals surface area contributed by atoms with E-state index in [1.54, 1.807) is 4.90 Å². The first-order valence-electron chi connectivity index (χ1n) is 6.14. The number of halogens is 1. The van der Waals surface area contributed by atoms with Crippen LogP contribution in [0.4, 0.5) is 4.39 Å². The number of carbonyl (C=O) groups is 1. The van der Waals surface area contributed by atoms with Crippen LogP contribution in [0.5, 0.6) is 5.75 Å². The van der Waals surface area contributed by atoms with Crippen LogP contribution in [0, 0.1) is 5.82 Å². The number of hydrogen-bond donors (Lipinski definition) is 2. The van der Waals surface area contributed by atoms with Crippen LogP contribution in [0.1, 0.15) is 23.7 Å². The monoisotopic (exact) mass is 252 g/mol. The molecule has 1 aromatic rings. The molecule has 1 unspecified atom stereocenters. The van der Waals surface area contributed by atoms with Crippen LogP contribution in [0.15, 0.2) is 18.2 Å². The van der Waals surface area contributed by atoms with Crippen LogP contribution in [0.3, 0.4) is 0 Å². The Hall–Kier alpha value is -1.62. The highest BCUT2D eigenvalue weighted by Gasteiger charge is 2.29. The van der Waals surface area contributed by atoms with Gasteiger partial charge in [-0.05, 0) is 32.0 Å². The molecular formula is C13H17FN2O2. The fraction of sp³-hybridized carbons (Fsp3) is 0.462. The molecule has 18 heavy (non-hydrogen) atoms. The highest BCUT2D eigenvalue weighted by molar-refractivity contribution is 5.97. The lowest BCUT2D eigenvalue weighted by molar-refractivity contribution is 0.0695. The summed E-state index contributed by atoms with van der Waals surface area (Å²) in [6.45, 7) is 3.93. The van der Waals surface area contributed by atoms with E-state index in [2.05, 4.69) is 5.32 Å². The Balaban J connectivity index is 2.28. The second-order valence-electron chi connectivity index (χ2n) is 4.37. The number of carbonyl (C=O) groups excluding carboxylic acids is 1. The summed E-state index contributed by atoms with van der Waals surface area (Å²) in [6, 6.07) is 3.97. The van der Waals surface area contributed by atoms with Crippen molar-refractivity contribution in [1.82, 2.24) is 10.2 Å². The Morgan fingerprint density at radius 1 is 1.61 bits per heavy atom. The van der Waals surface area contributed by atoms with Gasteiger partial charge in [-0.1, -0.05) is 6.07 Å². The third-order valence-electron chi connectivity index (χ3n) is 3.28. The SMILES string of the molecule is CCN(C(=O)c1c(O)cccc1F)C1CCNC1. The lowest BCUT2D eigenvalue weighted by Crippen LogP contribution is -2.41. The lowest BCUT2D eigenvalue weighted by atomic mass is 10.1. The van der Waals surface area contributed by atoms with E-state index in [-0.39, 0.29) is 17.4 Å². The van der Waals surface area contributed by atoms with E-state index in [9.17, 15) is 14.3 Å². The molecule has 0 bridgehead atoms. The van der Waals surface area contributed by atoms with Gasteiger partial charge in [-0.25, -0.2) is 4.39 Å². The third-order valence-corrected chi connectivity index (χ3v) is 3.28. The molecule has 5 heteroatoms. The zero-order valence-electron chi connectivity index (χ0n) is 10.3. The van der Waals surface area contributed by atoms with Crippen LogP contribution in [0.25, 0.3) is 0 Å². The van der Waals surface area contributed by atoms with Crippen LogP contribution in [-0.2, 0) is 0 Å². The number of rotatable bonds is 3. The van der Waals surface area contributed by atoms with E-state index in [0.717, 1.165) is 19.5 Å². The van der Waals surface area contributed by atoms with Crippen LogP contribution in [0.2, 0.25) is 0 Å². The number of nitrogens with one attached hydrogen (secondary N) is 1. The van der Waals surface area contributed by atoms with Crippen molar-refractivity contribution in [2.75, 3.05) is 19.6 Å². The number of benzene rings is 1. The molecule has 1 aliphatic rings. The van der Waals surface area contributed by atoms with E-state index >= 15 is 0 Å². The maximum Gasteiger partial charge on any atom is 0.260 e. The van der Waals surface area contributed by atoms with Gasteiger partial charge in [0.1, 0.15) is 17.1 Å². The quantitative estimate of drug-likeness (QED) is 0.854.